The minimum atomic E-state index is 0.472. The first-order valence-corrected chi connectivity index (χ1v) is 9.41. The molecule has 0 saturated heterocycles. The lowest BCUT2D eigenvalue weighted by molar-refractivity contribution is -0.544. The van der Waals surface area contributed by atoms with Gasteiger partial charge < -0.3 is 0 Å². The highest BCUT2D eigenvalue weighted by molar-refractivity contribution is 5.67. The molecule has 8 atom stereocenters. The van der Waals surface area contributed by atoms with Gasteiger partial charge in [0.05, 0.1) is 0 Å². The van der Waals surface area contributed by atoms with E-state index in [1.165, 1.54) is 12.8 Å². The van der Waals surface area contributed by atoms with Gasteiger partial charge in [-0.2, -0.15) is 0 Å². The van der Waals surface area contributed by atoms with Crippen molar-refractivity contribution >= 4 is 0 Å². The van der Waals surface area contributed by atoms with Gasteiger partial charge in [0.1, 0.15) is 0 Å². The normalized spacial score (nSPS) is 55.8. The molecule has 6 saturated carbocycles. The molecule has 0 heteroatoms. The summed E-state index contributed by atoms with van der Waals surface area (Å²) in [5.74, 6) is 5.01. The molecule has 6 fully saturated rings. The van der Waals surface area contributed by atoms with E-state index in [0.717, 1.165) is 29.6 Å². The summed E-state index contributed by atoms with van der Waals surface area (Å²) in [5.41, 5.74) is 4.87. The summed E-state index contributed by atoms with van der Waals surface area (Å²) in [6.07, 6.45) is 3.01. The van der Waals surface area contributed by atoms with Gasteiger partial charge in [-0.15, -0.1) is 0 Å². The topological polar surface area (TPSA) is 0 Å². The fraction of sp³-hybridized carbons (Fsp3) is 0.478. The SMILES string of the molecule is CC12C3C4CCC5C3C1(c1ccccc1)C5(c1ccccc1)C42. The van der Waals surface area contributed by atoms with E-state index in [9.17, 15) is 0 Å². The molecule has 6 aliphatic rings. The zero-order valence-electron chi connectivity index (χ0n) is 13.6. The van der Waals surface area contributed by atoms with Crippen LogP contribution in [0.25, 0.3) is 0 Å². The minimum Gasteiger partial charge on any atom is -0.0622 e. The van der Waals surface area contributed by atoms with Crippen LogP contribution in [0.5, 0.6) is 0 Å². The van der Waals surface area contributed by atoms with Crippen LogP contribution in [0.15, 0.2) is 60.7 Å². The van der Waals surface area contributed by atoms with Crippen molar-refractivity contribution in [3.8, 4) is 0 Å². The lowest BCUT2D eigenvalue weighted by Crippen LogP contribution is -3.07. The van der Waals surface area contributed by atoms with Crippen LogP contribution < -0.4 is 0 Å². The average molecular weight is 298 g/mol. The zero-order chi connectivity index (χ0) is 15.0. The molecular weight excluding hydrogens is 276 g/mol. The van der Waals surface area contributed by atoms with Gasteiger partial charge in [0.25, 0.3) is 0 Å². The fourth-order valence-corrected chi connectivity index (χ4v) is 9.73. The monoisotopic (exact) mass is 298 g/mol. The Hall–Kier alpha value is -1.56. The summed E-state index contributed by atoms with van der Waals surface area (Å²) in [7, 11) is 0. The Balaban J connectivity index is 1.54. The molecule has 0 spiro atoms. The lowest BCUT2D eigenvalue weighted by Gasteiger charge is -3.07. The smallest absolute Gasteiger partial charge is 0.0149 e. The van der Waals surface area contributed by atoms with Crippen molar-refractivity contribution < 1.29 is 0 Å². The van der Waals surface area contributed by atoms with Crippen LogP contribution in [0.4, 0.5) is 0 Å². The maximum atomic E-state index is 2.64. The van der Waals surface area contributed by atoms with E-state index in [2.05, 4.69) is 67.6 Å². The van der Waals surface area contributed by atoms with Gasteiger partial charge >= 0.3 is 0 Å². The molecule has 2 aromatic carbocycles. The van der Waals surface area contributed by atoms with Gasteiger partial charge in [-0.05, 0) is 59.0 Å². The molecule has 8 unspecified atom stereocenters. The van der Waals surface area contributed by atoms with Gasteiger partial charge in [0.2, 0.25) is 0 Å². The quantitative estimate of drug-likeness (QED) is 0.747. The predicted molar refractivity (Wildman–Crippen MR) is 91.0 cm³/mol. The molecule has 0 amide bonds. The molecule has 2 aromatic rings. The maximum absolute atomic E-state index is 2.64. The van der Waals surface area contributed by atoms with Crippen LogP contribution in [-0.4, -0.2) is 0 Å². The summed E-state index contributed by atoms with van der Waals surface area (Å²) < 4.78 is 0. The Morgan fingerprint density at radius 2 is 1.43 bits per heavy atom. The van der Waals surface area contributed by atoms with Crippen LogP contribution in [0.1, 0.15) is 30.9 Å². The second-order valence-electron chi connectivity index (χ2n) is 9.07. The highest BCUT2D eigenvalue weighted by Crippen LogP contribution is 3.06. The van der Waals surface area contributed by atoms with Crippen LogP contribution >= 0.6 is 0 Å². The molecule has 0 aromatic heterocycles. The van der Waals surface area contributed by atoms with E-state index in [4.69, 9.17) is 0 Å². The average Bonchev–Trinajstić information content (AvgIpc) is 2.61. The second kappa shape index (κ2) is 3.16. The zero-order valence-corrected chi connectivity index (χ0v) is 13.6. The number of benzene rings is 2. The first kappa shape index (κ1) is 11.9. The number of hydrogen-bond acceptors (Lipinski definition) is 0. The third kappa shape index (κ3) is 0.763. The molecule has 0 nitrogen and oxygen atoms in total. The molecule has 0 N–H and O–H groups in total. The molecule has 0 aliphatic heterocycles. The predicted octanol–water partition coefficient (Wildman–Crippen LogP) is 4.80. The summed E-state index contributed by atoms with van der Waals surface area (Å²) in [6.45, 7) is 2.64. The summed E-state index contributed by atoms with van der Waals surface area (Å²) >= 11 is 0. The van der Waals surface area contributed by atoms with Crippen molar-refractivity contribution in [1.82, 2.24) is 0 Å². The van der Waals surface area contributed by atoms with Crippen molar-refractivity contribution in [3.63, 3.8) is 0 Å². The van der Waals surface area contributed by atoms with Crippen molar-refractivity contribution in [3.05, 3.63) is 71.8 Å². The van der Waals surface area contributed by atoms with Crippen molar-refractivity contribution in [2.75, 3.05) is 0 Å². The standard InChI is InChI=1S/C23H22/c1-21-18-16-12-13-17-19(18)23(21,15-10-6-3-7-11-15)22(17,20(16)21)14-8-4-2-5-9-14/h2-11,16-20H,12-13H2,1H3. The number of fused-ring (bicyclic) bond motifs is 1. The van der Waals surface area contributed by atoms with Crippen LogP contribution in [0, 0.1) is 35.0 Å². The Labute approximate surface area is 137 Å². The minimum absolute atomic E-state index is 0.472. The van der Waals surface area contributed by atoms with E-state index in [-0.39, 0.29) is 0 Å². The highest BCUT2D eigenvalue weighted by Gasteiger charge is 3.05. The number of hydrogen-bond donors (Lipinski definition) is 0. The third-order valence-corrected chi connectivity index (χ3v) is 9.42. The van der Waals surface area contributed by atoms with Gasteiger partial charge in [-0.3, -0.25) is 0 Å². The van der Waals surface area contributed by atoms with E-state index in [1.54, 1.807) is 11.1 Å². The van der Waals surface area contributed by atoms with Crippen molar-refractivity contribution in [2.24, 2.45) is 35.0 Å². The second-order valence-corrected chi connectivity index (χ2v) is 9.07. The molecule has 8 rings (SSSR count). The van der Waals surface area contributed by atoms with E-state index in [0.29, 0.717) is 16.2 Å². The highest BCUT2D eigenvalue weighted by atomic mass is 15.1. The van der Waals surface area contributed by atoms with Gasteiger partial charge in [-0.1, -0.05) is 67.6 Å². The van der Waals surface area contributed by atoms with Gasteiger partial charge in [0, 0.05) is 10.8 Å². The fourth-order valence-electron chi connectivity index (χ4n) is 9.73. The third-order valence-electron chi connectivity index (χ3n) is 9.42. The first-order chi connectivity index (χ1) is 11.3. The van der Waals surface area contributed by atoms with Gasteiger partial charge in [0.15, 0.2) is 0 Å². The van der Waals surface area contributed by atoms with Crippen LogP contribution in [0.3, 0.4) is 0 Å². The first-order valence-electron chi connectivity index (χ1n) is 9.41. The molecule has 6 aliphatic carbocycles. The maximum Gasteiger partial charge on any atom is 0.0149 e. The Kier molecular flexibility index (Phi) is 1.63. The summed E-state index contributed by atoms with van der Waals surface area (Å²) in [6, 6.07) is 23.2. The lowest BCUT2D eigenvalue weighted by atomic mass is 8.95. The Morgan fingerprint density at radius 1 is 0.783 bits per heavy atom. The van der Waals surface area contributed by atoms with E-state index in [1.807, 2.05) is 0 Å². The van der Waals surface area contributed by atoms with Crippen LogP contribution in [0.2, 0.25) is 0 Å². The van der Waals surface area contributed by atoms with Crippen molar-refractivity contribution in [1.29, 1.82) is 0 Å². The van der Waals surface area contributed by atoms with E-state index >= 15 is 0 Å². The van der Waals surface area contributed by atoms with Crippen LogP contribution in [-0.2, 0) is 10.8 Å². The largest absolute Gasteiger partial charge is 0.0622 e. The molecule has 23 heavy (non-hydrogen) atoms. The molecule has 2 bridgehead atoms. The van der Waals surface area contributed by atoms with Crippen molar-refractivity contribution in [2.45, 2.75) is 30.6 Å². The molecule has 114 valence electrons. The van der Waals surface area contributed by atoms with E-state index < -0.39 is 0 Å². The summed E-state index contributed by atoms with van der Waals surface area (Å²) in [5, 5.41) is 0. The number of rotatable bonds is 2. The van der Waals surface area contributed by atoms with Gasteiger partial charge in [-0.25, -0.2) is 0 Å². The molecular formula is C23H22. The molecule has 0 radical (unpaired) electrons. The summed E-state index contributed by atoms with van der Waals surface area (Å²) in [4.78, 5) is 0. The Morgan fingerprint density at radius 3 is 2.13 bits per heavy atom. The Bertz CT molecular complexity index is 839. The molecule has 0 heterocycles.